The molecular formula is C12H17NO2. The molecule has 3 N–H and O–H groups in total. The Labute approximate surface area is 89.9 Å². The summed E-state index contributed by atoms with van der Waals surface area (Å²) in [6.45, 7) is 2.47. The van der Waals surface area contributed by atoms with Crippen LogP contribution in [0, 0.1) is 6.92 Å². The molecule has 0 radical (unpaired) electrons. The van der Waals surface area contributed by atoms with Gasteiger partial charge in [0.1, 0.15) is 11.5 Å². The quantitative estimate of drug-likeness (QED) is 0.793. The number of aromatic hydroxyl groups is 1. The van der Waals surface area contributed by atoms with Crippen LogP contribution in [0.2, 0.25) is 0 Å². The van der Waals surface area contributed by atoms with Gasteiger partial charge in [0.25, 0.3) is 0 Å². The van der Waals surface area contributed by atoms with E-state index in [1.807, 2.05) is 19.1 Å². The van der Waals surface area contributed by atoms with Crippen LogP contribution in [0.3, 0.4) is 0 Å². The van der Waals surface area contributed by atoms with Crippen LogP contribution in [-0.2, 0) is 5.41 Å². The zero-order valence-corrected chi connectivity index (χ0v) is 9.21. The van der Waals surface area contributed by atoms with E-state index in [0.717, 1.165) is 29.7 Å². The molecule has 0 saturated heterocycles. The fraction of sp³-hybridized carbons (Fsp3) is 0.500. The van der Waals surface area contributed by atoms with Gasteiger partial charge in [0.2, 0.25) is 0 Å². The van der Waals surface area contributed by atoms with Gasteiger partial charge in [-0.3, -0.25) is 0 Å². The Bertz CT molecular complexity index is 383. The second kappa shape index (κ2) is 3.42. The summed E-state index contributed by atoms with van der Waals surface area (Å²) in [5.41, 5.74) is 7.55. The van der Waals surface area contributed by atoms with E-state index in [9.17, 15) is 5.11 Å². The SMILES string of the molecule is COc1ccc(C2(CN)CC2)c(O)c1C. The van der Waals surface area contributed by atoms with Gasteiger partial charge in [-0.05, 0) is 25.8 Å². The number of nitrogens with two attached hydrogens (primary N) is 1. The van der Waals surface area contributed by atoms with E-state index in [4.69, 9.17) is 10.5 Å². The van der Waals surface area contributed by atoms with Crippen molar-refractivity contribution in [2.75, 3.05) is 13.7 Å². The first-order valence-electron chi connectivity index (χ1n) is 5.22. The number of phenolic OH excluding ortho intramolecular Hbond substituents is 1. The van der Waals surface area contributed by atoms with Gasteiger partial charge in [0.05, 0.1) is 7.11 Å². The average molecular weight is 207 g/mol. The monoisotopic (exact) mass is 207 g/mol. The van der Waals surface area contributed by atoms with Crippen molar-refractivity contribution in [2.45, 2.75) is 25.2 Å². The van der Waals surface area contributed by atoms with Crippen molar-refractivity contribution < 1.29 is 9.84 Å². The highest BCUT2D eigenvalue weighted by molar-refractivity contribution is 5.53. The Balaban J connectivity index is 2.47. The van der Waals surface area contributed by atoms with Crippen LogP contribution in [0.4, 0.5) is 0 Å². The number of hydrogen-bond donors (Lipinski definition) is 2. The van der Waals surface area contributed by atoms with Gasteiger partial charge < -0.3 is 15.6 Å². The maximum Gasteiger partial charge on any atom is 0.125 e. The second-order valence-corrected chi connectivity index (χ2v) is 4.27. The number of benzene rings is 1. The summed E-state index contributed by atoms with van der Waals surface area (Å²) in [5, 5.41) is 10.1. The molecule has 2 rings (SSSR count). The Kier molecular flexibility index (Phi) is 2.35. The first-order valence-corrected chi connectivity index (χ1v) is 5.22. The summed E-state index contributed by atoms with van der Waals surface area (Å²) in [6, 6.07) is 3.83. The Morgan fingerprint density at radius 3 is 2.60 bits per heavy atom. The van der Waals surface area contributed by atoms with Gasteiger partial charge in [0.15, 0.2) is 0 Å². The molecule has 1 aliphatic rings. The van der Waals surface area contributed by atoms with Gasteiger partial charge >= 0.3 is 0 Å². The summed E-state index contributed by atoms with van der Waals surface area (Å²) in [4.78, 5) is 0. The molecule has 0 spiro atoms. The van der Waals surface area contributed by atoms with Crippen LogP contribution >= 0.6 is 0 Å². The molecule has 0 atom stereocenters. The van der Waals surface area contributed by atoms with Crippen molar-refractivity contribution in [3.63, 3.8) is 0 Å². The summed E-state index contributed by atoms with van der Waals surface area (Å²) in [6.07, 6.45) is 2.14. The van der Waals surface area contributed by atoms with Crippen LogP contribution < -0.4 is 10.5 Å². The van der Waals surface area contributed by atoms with Crippen LogP contribution in [0.1, 0.15) is 24.0 Å². The molecule has 0 aromatic heterocycles. The van der Waals surface area contributed by atoms with Crippen molar-refractivity contribution in [1.29, 1.82) is 0 Å². The lowest BCUT2D eigenvalue weighted by molar-refractivity contribution is 0.399. The van der Waals surface area contributed by atoms with Crippen LogP contribution in [0.25, 0.3) is 0 Å². The highest BCUT2D eigenvalue weighted by Crippen LogP contribution is 2.51. The van der Waals surface area contributed by atoms with E-state index in [0.29, 0.717) is 12.3 Å². The van der Waals surface area contributed by atoms with Gasteiger partial charge in [0, 0.05) is 23.1 Å². The minimum absolute atomic E-state index is 0.0289. The molecule has 1 aliphatic carbocycles. The zero-order chi connectivity index (χ0) is 11.1. The second-order valence-electron chi connectivity index (χ2n) is 4.27. The molecule has 3 heteroatoms. The highest BCUT2D eigenvalue weighted by atomic mass is 16.5. The third-order valence-corrected chi connectivity index (χ3v) is 3.42. The lowest BCUT2D eigenvalue weighted by Crippen LogP contribution is -2.20. The van der Waals surface area contributed by atoms with E-state index >= 15 is 0 Å². The lowest BCUT2D eigenvalue weighted by Gasteiger charge is -2.17. The maximum atomic E-state index is 10.1. The number of phenols is 1. The standard InChI is InChI=1S/C12H17NO2/c1-8-10(15-2)4-3-9(11(8)14)12(7-13)5-6-12/h3-4,14H,5-7,13H2,1-2H3. The summed E-state index contributed by atoms with van der Waals surface area (Å²) in [5.74, 6) is 1.07. The predicted molar refractivity (Wildman–Crippen MR) is 59.4 cm³/mol. The topological polar surface area (TPSA) is 55.5 Å². The van der Waals surface area contributed by atoms with Gasteiger partial charge in [-0.15, -0.1) is 0 Å². The molecule has 1 fully saturated rings. The van der Waals surface area contributed by atoms with Crippen LogP contribution in [-0.4, -0.2) is 18.8 Å². The number of rotatable bonds is 3. The van der Waals surface area contributed by atoms with E-state index in [-0.39, 0.29) is 5.41 Å². The van der Waals surface area contributed by atoms with Crippen LogP contribution in [0.5, 0.6) is 11.5 Å². The normalized spacial score (nSPS) is 17.5. The first-order chi connectivity index (χ1) is 7.14. The molecule has 0 amide bonds. The van der Waals surface area contributed by atoms with E-state index < -0.39 is 0 Å². The molecule has 1 aromatic rings. The van der Waals surface area contributed by atoms with Gasteiger partial charge in [-0.25, -0.2) is 0 Å². The minimum Gasteiger partial charge on any atom is -0.507 e. The molecule has 1 aromatic carbocycles. The van der Waals surface area contributed by atoms with Crippen LogP contribution in [0.15, 0.2) is 12.1 Å². The number of ether oxygens (including phenoxy) is 1. The third-order valence-electron chi connectivity index (χ3n) is 3.42. The van der Waals surface area contributed by atoms with Crippen molar-refractivity contribution in [2.24, 2.45) is 5.73 Å². The van der Waals surface area contributed by atoms with Crippen molar-refractivity contribution in [3.8, 4) is 11.5 Å². The Hall–Kier alpha value is -1.22. The van der Waals surface area contributed by atoms with E-state index in [1.165, 1.54) is 0 Å². The number of methoxy groups -OCH3 is 1. The smallest absolute Gasteiger partial charge is 0.125 e. The van der Waals surface area contributed by atoms with Gasteiger partial charge in [-0.2, -0.15) is 0 Å². The Morgan fingerprint density at radius 2 is 2.13 bits per heavy atom. The first kappa shape index (κ1) is 10.3. The van der Waals surface area contributed by atoms with Crippen molar-refractivity contribution in [3.05, 3.63) is 23.3 Å². The minimum atomic E-state index is 0.0289. The third kappa shape index (κ3) is 1.47. The maximum absolute atomic E-state index is 10.1. The molecular weight excluding hydrogens is 190 g/mol. The summed E-state index contributed by atoms with van der Waals surface area (Å²) < 4.78 is 5.16. The number of hydrogen-bond acceptors (Lipinski definition) is 3. The average Bonchev–Trinajstić information content (AvgIpc) is 3.03. The van der Waals surface area contributed by atoms with Crippen molar-refractivity contribution in [1.82, 2.24) is 0 Å². The van der Waals surface area contributed by atoms with Gasteiger partial charge in [-0.1, -0.05) is 6.07 Å². The molecule has 1 saturated carbocycles. The molecule has 15 heavy (non-hydrogen) atoms. The molecule has 3 nitrogen and oxygen atoms in total. The fourth-order valence-corrected chi connectivity index (χ4v) is 2.07. The summed E-state index contributed by atoms with van der Waals surface area (Å²) >= 11 is 0. The van der Waals surface area contributed by atoms with E-state index in [1.54, 1.807) is 7.11 Å². The Morgan fingerprint density at radius 1 is 1.47 bits per heavy atom. The highest BCUT2D eigenvalue weighted by Gasteiger charge is 2.45. The zero-order valence-electron chi connectivity index (χ0n) is 9.21. The fourth-order valence-electron chi connectivity index (χ4n) is 2.07. The molecule has 0 unspecified atom stereocenters. The lowest BCUT2D eigenvalue weighted by atomic mass is 9.93. The van der Waals surface area contributed by atoms with Crippen molar-refractivity contribution >= 4 is 0 Å². The molecule has 82 valence electrons. The molecule has 0 aliphatic heterocycles. The van der Waals surface area contributed by atoms with E-state index in [2.05, 4.69) is 0 Å². The molecule has 0 bridgehead atoms. The molecule has 0 heterocycles. The summed E-state index contributed by atoms with van der Waals surface area (Å²) in [7, 11) is 1.61. The predicted octanol–water partition coefficient (Wildman–Crippen LogP) is 1.70. The largest absolute Gasteiger partial charge is 0.507 e.